The van der Waals surface area contributed by atoms with Crippen molar-refractivity contribution in [2.45, 2.75) is 0 Å². The van der Waals surface area contributed by atoms with Crippen LogP contribution in [0.5, 0.6) is 5.75 Å². The highest BCUT2D eigenvalue weighted by atomic mass is 127. The molecule has 0 fully saturated rings. The predicted molar refractivity (Wildman–Crippen MR) is 92.7 cm³/mol. The van der Waals surface area contributed by atoms with E-state index in [1.165, 1.54) is 6.07 Å². The van der Waals surface area contributed by atoms with Gasteiger partial charge in [0.2, 0.25) is 0 Å². The number of carbonyl (C=O) groups excluding carboxylic acids is 1. The molecule has 0 aromatic heterocycles. The first-order chi connectivity index (χ1) is 10.1. The molecule has 0 saturated carbocycles. The number of halogens is 1. The van der Waals surface area contributed by atoms with Gasteiger partial charge in [0, 0.05) is 11.3 Å². The Hall–Kier alpha value is -2.08. The number of hydrogen-bond donors (Lipinski definition) is 2. The topological polar surface area (TPSA) is 49.3 Å². The highest BCUT2D eigenvalue weighted by Gasteiger charge is 2.08. The van der Waals surface area contributed by atoms with Crippen LogP contribution in [0.15, 0.2) is 60.7 Å². The Kier molecular flexibility index (Phi) is 3.79. The predicted octanol–water partition coefficient (Wildman–Crippen LogP) is 4.40. The van der Waals surface area contributed by atoms with Crippen molar-refractivity contribution < 1.29 is 9.90 Å². The molecular weight excluding hydrogens is 377 g/mol. The largest absolute Gasteiger partial charge is 0.507 e. The standard InChI is InChI=1S/C17H12INO2/c18-15-8-6-13(10-16(15)20)17(21)19-14-7-5-11-3-1-2-4-12(11)9-14/h1-10,20H,(H,19,21). The first kappa shape index (κ1) is 13.9. The minimum absolute atomic E-state index is 0.113. The SMILES string of the molecule is O=C(Nc1ccc2ccccc2c1)c1ccc(I)c(O)c1. The van der Waals surface area contributed by atoms with Crippen LogP contribution in [0.2, 0.25) is 0 Å². The number of benzene rings is 3. The number of hydrogen-bond acceptors (Lipinski definition) is 2. The molecule has 0 aliphatic heterocycles. The van der Waals surface area contributed by atoms with Crippen molar-refractivity contribution in [3.63, 3.8) is 0 Å². The van der Waals surface area contributed by atoms with Crippen LogP contribution in [0, 0.1) is 3.57 Å². The van der Waals surface area contributed by atoms with Crippen molar-refractivity contribution in [2.24, 2.45) is 0 Å². The number of phenolic OH excluding ortho intramolecular Hbond substituents is 1. The molecule has 2 N–H and O–H groups in total. The average Bonchev–Trinajstić information content (AvgIpc) is 2.50. The van der Waals surface area contributed by atoms with Crippen molar-refractivity contribution >= 4 is 45.0 Å². The summed E-state index contributed by atoms with van der Waals surface area (Å²) in [5.74, 6) is -0.126. The van der Waals surface area contributed by atoms with Crippen molar-refractivity contribution in [3.8, 4) is 5.75 Å². The summed E-state index contributed by atoms with van der Waals surface area (Å²) in [7, 11) is 0. The van der Waals surface area contributed by atoms with E-state index in [-0.39, 0.29) is 11.7 Å². The Morgan fingerprint density at radius 2 is 1.71 bits per heavy atom. The van der Waals surface area contributed by atoms with E-state index < -0.39 is 0 Å². The van der Waals surface area contributed by atoms with E-state index in [1.54, 1.807) is 12.1 Å². The van der Waals surface area contributed by atoms with Crippen molar-refractivity contribution in [1.82, 2.24) is 0 Å². The van der Waals surface area contributed by atoms with Gasteiger partial charge in [-0.3, -0.25) is 4.79 Å². The summed E-state index contributed by atoms with van der Waals surface area (Å²) in [6.07, 6.45) is 0. The summed E-state index contributed by atoms with van der Waals surface area (Å²) in [5.41, 5.74) is 1.16. The van der Waals surface area contributed by atoms with Crippen molar-refractivity contribution in [1.29, 1.82) is 0 Å². The van der Waals surface area contributed by atoms with E-state index in [9.17, 15) is 9.90 Å². The number of rotatable bonds is 2. The number of phenols is 1. The lowest BCUT2D eigenvalue weighted by atomic mass is 10.1. The van der Waals surface area contributed by atoms with Gasteiger partial charge >= 0.3 is 0 Å². The Bertz CT molecular complexity index is 830. The second kappa shape index (κ2) is 5.73. The van der Waals surface area contributed by atoms with E-state index in [1.807, 2.05) is 65.1 Å². The molecule has 1 amide bonds. The molecular formula is C17H12INO2. The molecule has 0 aliphatic carbocycles. The highest BCUT2D eigenvalue weighted by Crippen LogP contribution is 2.22. The first-order valence-electron chi connectivity index (χ1n) is 6.42. The minimum atomic E-state index is -0.239. The fourth-order valence-electron chi connectivity index (χ4n) is 2.12. The molecule has 3 aromatic carbocycles. The number of fused-ring (bicyclic) bond motifs is 1. The smallest absolute Gasteiger partial charge is 0.255 e. The van der Waals surface area contributed by atoms with Crippen LogP contribution in [-0.4, -0.2) is 11.0 Å². The molecule has 0 spiro atoms. The lowest BCUT2D eigenvalue weighted by Crippen LogP contribution is -2.11. The quantitative estimate of drug-likeness (QED) is 0.639. The van der Waals surface area contributed by atoms with Gasteiger partial charge in [-0.2, -0.15) is 0 Å². The van der Waals surface area contributed by atoms with Crippen LogP contribution in [0.3, 0.4) is 0 Å². The zero-order valence-corrected chi connectivity index (χ0v) is 13.2. The summed E-state index contributed by atoms with van der Waals surface area (Å²) >= 11 is 2.02. The number of amides is 1. The second-order valence-corrected chi connectivity index (χ2v) is 5.84. The Labute approximate surface area is 135 Å². The van der Waals surface area contributed by atoms with Gasteiger partial charge in [-0.15, -0.1) is 0 Å². The Balaban J connectivity index is 1.87. The van der Waals surface area contributed by atoms with Crippen molar-refractivity contribution in [3.05, 3.63) is 69.8 Å². The molecule has 0 unspecified atom stereocenters. The normalized spacial score (nSPS) is 10.5. The second-order valence-electron chi connectivity index (χ2n) is 4.68. The fourth-order valence-corrected chi connectivity index (χ4v) is 2.46. The Morgan fingerprint density at radius 3 is 2.48 bits per heavy atom. The van der Waals surface area contributed by atoms with Crippen LogP contribution in [0.4, 0.5) is 5.69 Å². The van der Waals surface area contributed by atoms with Gasteiger partial charge in [0.1, 0.15) is 5.75 Å². The monoisotopic (exact) mass is 389 g/mol. The number of aromatic hydroxyl groups is 1. The Morgan fingerprint density at radius 1 is 0.952 bits per heavy atom. The van der Waals surface area contributed by atoms with Crippen LogP contribution in [0.1, 0.15) is 10.4 Å². The minimum Gasteiger partial charge on any atom is -0.507 e. The molecule has 104 valence electrons. The maximum absolute atomic E-state index is 12.2. The molecule has 0 radical (unpaired) electrons. The summed E-state index contributed by atoms with van der Waals surface area (Å²) in [4.78, 5) is 12.2. The lowest BCUT2D eigenvalue weighted by molar-refractivity contribution is 0.102. The zero-order chi connectivity index (χ0) is 14.8. The van der Waals surface area contributed by atoms with Gasteiger partial charge < -0.3 is 10.4 Å². The van der Waals surface area contributed by atoms with Crippen LogP contribution < -0.4 is 5.32 Å². The molecule has 0 atom stereocenters. The third kappa shape index (κ3) is 3.00. The van der Waals surface area contributed by atoms with E-state index in [2.05, 4.69) is 5.32 Å². The lowest BCUT2D eigenvalue weighted by Gasteiger charge is -2.07. The van der Waals surface area contributed by atoms with E-state index in [0.29, 0.717) is 5.56 Å². The van der Waals surface area contributed by atoms with Crippen molar-refractivity contribution in [2.75, 3.05) is 5.32 Å². The number of anilines is 1. The molecule has 0 heterocycles. The molecule has 0 aliphatic rings. The molecule has 3 aromatic rings. The summed E-state index contributed by atoms with van der Waals surface area (Å²) in [5, 5.41) is 14.7. The first-order valence-corrected chi connectivity index (χ1v) is 7.50. The average molecular weight is 389 g/mol. The van der Waals surface area contributed by atoms with Crippen LogP contribution in [0.25, 0.3) is 10.8 Å². The molecule has 3 rings (SSSR count). The molecule has 0 saturated heterocycles. The molecule has 0 bridgehead atoms. The third-order valence-corrected chi connectivity index (χ3v) is 4.13. The summed E-state index contributed by atoms with van der Waals surface area (Å²) < 4.78 is 0.717. The number of nitrogens with one attached hydrogen (secondary N) is 1. The zero-order valence-electron chi connectivity index (χ0n) is 11.0. The summed E-state index contributed by atoms with van der Waals surface area (Å²) in [6.45, 7) is 0. The molecule has 4 heteroatoms. The van der Waals surface area contributed by atoms with Crippen LogP contribution in [-0.2, 0) is 0 Å². The van der Waals surface area contributed by atoms with Gasteiger partial charge in [0.15, 0.2) is 0 Å². The fraction of sp³-hybridized carbons (Fsp3) is 0. The molecule has 3 nitrogen and oxygen atoms in total. The van der Waals surface area contributed by atoms with E-state index in [0.717, 1.165) is 20.0 Å². The third-order valence-electron chi connectivity index (χ3n) is 3.22. The summed E-state index contributed by atoms with van der Waals surface area (Å²) in [6, 6.07) is 18.6. The van der Waals surface area contributed by atoms with Gasteiger partial charge in [-0.25, -0.2) is 0 Å². The van der Waals surface area contributed by atoms with Gasteiger partial charge in [-0.1, -0.05) is 30.3 Å². The van der Waals surface area contributed by atoms with Gasteiger partial charge in [0.25, 0.3) is 5.91 Å². The maximum atomic E-state index is 12.2. The molecule has 21 heavy (non-hydrogen) atoms. The highest BCUT2D eigenvalue weighted by molar-refractivity contribution is 14.1. The van der Waals surface area contributed by atoms with Gasteiger partial charge in [-0.05, 0) is 63.7 Å². The van der Waals surface area contributed by atoms with E-state index >= 15 is 0 Å². The maximum Gasteiger partial charge on any atom is 0.255 e. The van der Waals surface area contributed by atoms with Gasteiger partial charge in [0.05, 0.1) is 3.57 Å². The van der Waals surface area contributed by atoms with Crippen LogP contribution >= 0.6 is 22.6 Å². The van der Waals surface area contributed by atoms with E-state index in [4.69, 9.17) is 0 Å². The number of carbonyl (C=O) groups is 1.